The van der Waals surface area contributed by atoms with Crippen molar-refractivity contribution in [1.29, 1.82) is 0 Å². The van der Waals surface area contributed by atoms with Crippen LogP contribution in [0.2, 0.25) is 0 Å². The molecule has 0 aromatic carbocycles. The molecule has 0 spiro atoms. The Kier molecular flexibility index (Phi) is 11.2. The second-order valence-corrected chi connectivity index (χ2v) is 12.0. The fourth-order valence-corrected chi connectivity index (χ4v) is 7.86. The SMILES string of the molecule is CCCC(C)C1CCCCC1CC(O)CCCCC(O)CC1CCC2CCCCC2C1. The molecule has 8 atom stereocenters. The molecule has 31 heavy (non-hydrogen) atoms. The summed E-state index contributed by atoms with van der Waals surface area (Å²) < 4.78 is 0. The molecule has 0 saturated heterocycles. The van der Waals surface area contributed by atoms with Crippen LogP contribution in [0, 0.1) is 35.5 Å². The third-order valence-corrected chi connectivity index (χ3v) is 9.60. The number of unbranched alkanes of at least 4 members (excludes halogenated alkanes) is 1. The topological polar surface area (TPSA) is 40.5 Å². The zero-order chi connectivity index (χ0) is 22.1. The lowest BCUT2D eigenvalue weighted by atomic mass is 9.66. The monoisotopic (exact) mass is 434 g/mol. The van der Waals surface area contributed by atoms with Gasteiger partial charge in [0.2, 0.25) is 0 Å². The second kappa shape index (κ2) is 13.6. The van der Waals surface area contributed by atoms with Gasteiger partial charge in [-0.2, -0.15) is 0 Å². The van der Waals surface area contributed by atoms with E-state index < -0.39 is 0 Å². The van der Waals surface area contributed by atoms with Crippen molar-refractivity contribution in [1.82, 2.24) is 0 Å². The van der Waals surface area contributed by atoms with Crippen LogP contribution in [-0.2, 0) is 0 Å². The first-order chi connectivity index (χ1) is 15.1. The molecule has 3 aliphatic rings. The average Bonchev–Trinajstić information content (AvgIpc) is 2.77. The standard InChI is InChI=1S/C29H54O2/c1-3-10-22(2)29-16-9-6-13-26(29)21-28(31)15-8-7-14-27(30)20-23-17-18-24-11-4-5-12-25(24)19-23/h22-31H,3-21H2,1-2H3. The molecule has 0 radical (unpaired) electrons. The first kappa shape index (κ1) is 25.5. The van der Waals surface area contributed by atoms with Gasteiger partial charge in [0.15, 0.2) is 0 Å². The molecule has 0 amide bonds. The van der Waals surface area contributed by atoms with Gasteiger partial charge in [-0.15, -0.1) is 0 Å². The minimum absolute atomic E-state index is 0.111. The third kappa shape index (κ3) is 8.33. The van der Waals surface area contributed by atoms with Crippen LogP contribution in [0.5, 0.6) is 0 Å². The van der Waals surface area contributed by atoms with Crippen LogP contribution in [-0.4, -0.2) is 22.4 Å². The van der Waals surface area contributed by atoms with Gasteiger partial charge in [-0.1, -0.05) is 90.9 Å². The highest BCUT2D eigenvalue weighted by molar-refractivity contribution is 4.84. The van der Waals surface area contributed by atoms with E-state index in [0.29, 0.717) is 0 Å². The number of aliphatic hydroxyl groups is 2. The Balaban J connectivity index is 1.28. The molecule has 182 valence electrons. The summed E-state index contributed by atoms with van der Waals surface area (Å²) in [4.78, 5) is 0. The van der Waals surface area contributed by atoms with Crippen LogP contribution in [0.1, 0.15) is 136 Å². The number of fused-ring (bicyclic) bond motifs is 1. The van der Waals surface area contributed by atoms with Crippen molar-refractivity contribution in [2.45, 2.75) is 148 Å². The van der Waals surface area contributed by atoms with E-state index in [1.807, 2.05) is 0 Å². The molecule has 3 rings (SSSR count). The largest absolute Gasteiger partial charge is 0.393 e. The Morgan fingerprint density at radius 2 is 1.35 bits per heavy atom. The second-order valence-electron chi connectivity index (χ2n) is 12.0. The number of hydrogen-bond donors (Lipinski definition) is 2. The van der Waals surface area contributed by atoms with Gasteiger partial charge in [-0.25, -0.2) is 0 Å². The molecule has 3 saturated carbocycles. The number of rotatable bonds is 12. The Bertz CT molecular complexity index is 477. The van der Waals surface area contributed by atoms with Gasteiger partial charge in [-0.3, -0.25) is 0 Å². The Morgan fingerprint density at radius 1 is 0.710 bits per heavy atom. The summed E-state index contributed by atoms with van der Waals surface area (Å²) >= 11 is 0. The van der Waals surface area contributed by atoms with E-state index in [-0.39, 0.29) is 12.2 Å². The van der Waals surface area contributed by atoms with Gasteiger partial charge in [0.1, 0.15) is 0 Å². The Labute approximate surface area is 194 Å². The van der Waals surface area contributed by atoms with Gasteiger partial charge in [0, 0.05) is 0 Å². The Morgan fingerprint density at radius 3 is 2.10 bits per heavy atom. The number of hydrogen-bond acceptors (Lipinski definition) is 2. The van der Waals surface area contributed by atoms with E-state index in [1.54, 1.807) is 0 Å². The maximum absolute atomic E-state index is 10.7. The molecule has 0 heterocycles. The Hall–Kier alpha value is -0.0800. The number of aliphatic hydroxyl groups excluding tert-OH is 2. The normalized spacial score (nSPS) is 34.6. The molecule has 0 aliphatic heterocycles. The first-order valence-electron chi connectivity index (χ1n) is 14.4. The summed E-state index contributed by atoms with van der Waals surface area (Å²) in [5.74, 6) is 5.15. The molecule has 8 unspecified atom stereocenters. The summed E-state index contributed by atoms with van der Waals surface area (Å²) in [7, 11) is 0. The summed E-state index contributed by atoms with van der Waals surface area (Å²) in [6.45, 7) is 4.75. The zero-order valence-corrected chi connectivity index (χ0v) is 20.9. The van der Waals surface area contributed by atoms with Gasteiger partial charge in [0.25, 0.3) is 0 Å². The first-order valence-corrected chi connectivity index (χ1v) is 14.4. The molecule has 3 fully saturated rings. The van der Waals surface area contributed by atoms with Crippen LogP contribution in [0.25, 0.3) is 0 Å². The smallest absolute Gasteiger partial charge is 0.0543 e. The molecule has 2 heteroatoms. The van der Waals surface area contributed by atoms with E-state index in [2.05, 4.69) is 13.8 Å². The van der Waals surface area contributed by atoms with Crippen molar-refractivity contribution in [3.8, 4) is 0 Å². The van der Waals surface area contributed by atoms with Gasteiger partial charge in [0.05, 0.1) is 12.2 Å². The summed E-state index contributed by atoms with van der Waals surface area (Å²) in [6.07, 6.45) is 24.0. The van der Waals surface area contributed by atoms with Crippen molar-refractivity contribution in [2.24, 2.45) is 35.5 Å². The van der Waals surface area contributed by atoms with E-state index in [9.17, 15) is 10.2 Å². The molecule has 2 N–H and O–H groups in total. The molecule has 0 bridgehead atoms. The van der Waals surface area contributed by atoms with E-state index in [1.165, 1.54) is 83.5 Å². The maximum atomic E-state index is 10.7. The summed E-state index contributed by atoms with van der Waals surface area (Å²) in [5, 5.41) is 21.3. The van der Waals surface area contributed by atoms with Crippen molar-refractivity contribution < 1.29 is 10.2 Å². The fourth-order valence-electron chi connectivity index (χ4n) is 7.86. The van der Waals surface area contributed by atoms with Gasteiger partial charge >= 0.3 is 0 Å². The average molecular weight is 435 g/mol. The maximum Gasteiger partial charge on any atom is 0.0543 e. The highest BCUT2D eigenvalue weighted by Gasteiger charge is 2.33. The predicted molar refractivity (Wildman–Crippen MR) is 132 cm³/mol. The lowest BCUT2D eigenvalue weighted by Gasteiger charge is -2.40. The van der Waals surface area contributed by atoms with Crippen LogP contribution in [0.15, 0.2) is 0 Å². The van der Waals surface area contributed by atoms with Crippen LogP contribution < -0.4 is 0 Å². The minimum atomic E-state index is -0.127. The molecule has 2 nitrogen and oxygen atoms in total. The van der Waals surface area contributed by atoms with E-state index in [4.69, 9.17) is 0 Å². The van der Waals surface area contributed by atoms with Crippen molar-refractivity contribution in [2.75, 3.05) is 0 Å². The zero-order valence-electron chi connectivity index (χ0n) is 20.9. The molecule has 3 aliphatic carbocycles. The van der Waals surface area contributed by atoms with Crippen LogP contribution in [0.3, 0.4) is 0 Å². The highest BCUT2D eigenvalue weighted by atomic mass is 16.3. The molecule has 0 aromatic heterocycles. The third-order valence-electron chi connectivity index (χ3n) is 9.60. The molecular weight excluding hydrogens is 380 g/mol. The van der Waals surface area contributed by atoms with Gasteiger partial charge in [-0.05, 0) is 80.5 Å². The predicted octanol–water partition coefficient (Wildman–Crippen LogP) is 7.90. The lowest BCUT2D eigenvalue weighted by Crippen LogP contribution is -2.29. The minimum Gasteiger partial charge on any atom is -0.393 e. The summed E-state index contributed by atoms with van der Waals surface area (Å²) in [5.41, 5.74) is 0. The molecular formula is C29H54O2. The van der Waals surface area contributed by atoms with E-state index in [0.717, 1.165) is 74.0 Å². The van der Waals surface area contributed by atoms with Crippen LogP contribution >= 0.6 is 0 Å². The molecule has 0 aromatic rings. The fraction of sp³-hybridized carbons (Fsp3) is 1.00. The van der Waals surface area contributed by atoms with Crippen molar-refractivity contribution in [3.05, 3.63) is 0 Å². The lowest BCUT2D eigenvalue weighted by molar-refractivity contribution is 0.0690. The highest BCUT2D eigenvalue weighted by Crippen LogP contribution is 2.44. The van der Waals surface area contributed by atoms with E-state index >= 15 is 0 Å². The quantitative estimate of drug-likeness (QED) is 0.306. The van der Waals surface area contributed by atoms with Gasteiger partial charge < -0.3 is 10.2 Å². The van der Waals surface area contributed by atoms with Crippen LogP contribution in [0.4, 0.5) is 0 Å². The van der Waals surface area contributed by atoms with Crippen molar-refractivity contribution >= 4 is 0 Å². The van der Waals surface area contributed by atoms with Crippen molar-refractivity contribution in [3.63, 3.8) is 0 Å². The summed E-state index contributed by atoms with van der Waals surface area (Å²) in [6, 6.07) is 0.